The molecular formula is C16H21N3O. The zero-order valence-electron chi connectivity index (χ0n) is 12.3. The maximum absolute atomic E-state index is 5.49. The monoisotopic (exact) mass is 271 g/mol. The second-order valence-electron chi connectivity index (χ2n) is 5.54. The van der Waals surface area contributed by atoms with Crippen molar-refractivity contribution in [2.45, 2.75) is 32.4 Å². The molecule has 0 bridgehead atoms. The summed E-state index contributed by atoms with van der Waals surface area (Å²) in [6.45, 7) is 2.96. The summed E-state index contributed by atoms with van der Waals surface area (Å²) in [6.07, 6.45) is 4.68. The van der Waals surface area contributed by atoms with Crippen LogP contribution in [0.25, 0.3) is 11.3 Å². The van der Waals surface area contributed by atoms with Crippen molar-refractivity contribution in [3.63, 3.8) is 0 Å². The molecule has 1 aromatic heterocycles. The van der Waals surface area contributed by atoms with Crippen molar-refractivity contribution in [2.75, 3.05) is 7.11 Å². The molecule has 1 aliphatic rings. The van der Waals surface area contributed by atoms with Crippen LogP contribution >= 0.6 is 0 Å². The standard InChI is InChI=1S/C16H21N3O/c1-11-4-7-15(20-3)14(8-11)16-12(10-19(2)18-16)9-17-13-5-6-13/h4,7-8,10,13,17H,5-6,9H2,1-3H3. The fraction of sp³-hybridized carbons (Fsp3) is 0.438. The highest BCUT2D eigenvalue weighted by atomic mass is 16.5. The maximum Gasteiger partial charge on any atom is 0.128 e. The van der Waals surface area contributed by atoms with Crippen LogP contribution < -0.4 is 10.1 Å². The number of nitrogens with zero attached hydrogens (tertiary/aromatic N) is 2. The molecule has 1 aromatic carbocycles. The second kappa shape index (κ2) is 5.29. The molecule has 1 aliphatic carbocycles. The maximum atomic E-state index is 5.49. The fourth-order valence-electron chi connectivity index (χ4n) is 2.44. The molecule has 20 heavy (non-hydrogen) atoms. The quantitative estimate of drug-likeness (QED) is 0.908. The summed E-state index contributed by atoms with van der Waals surface area (Å²) in [5.41, 5.74) is 4.53. The minimum atomic E-state index is 0.697. The van der Waals surface area contributed by atoms with Gasteiger partial charge < -0.3 is 10.1 Å². The molecule has 4 nitrogen and oxygen atoms in total. The van der Waals surface area contributed by atoms with E-state index in [1.807, 2.05) is 17.8 Å². The molecule has 0 amide bonds. The molecule has 4 heteroatoms. The molecule has 3 rings (SSSR count). The average Bonchev–Trinajstić information content (AvgIpc) is 3.19. The zero-order chi connectivity index (χ0) is 14.1. The Hall–Kier alpha value is -1.81. The van der Waals surface area contributed by atoms with Crippen LogP contribution in [0, 0.1) is 6.92 Å². The van der Waals surface area contributed by atoms with Crippen LogP contribution in [-0.2, 0) is 13.6 Å². The predicted molar refractivity (Wildman–Crippen MR) is 79.8 cm³/mol. The first-order valence-electron chi connectivity index (χ1n) is 7.08. The molecule has 0 unspecified atom stereocenters. The molecule has 0 atom stereocenters. The number of nitrogens with one attached hydrogen (secondary N) is 1. The van der Waals surface area contributed by atoms with Gasteiger partial charge in [0.1, 0.15) is 11.4 Å². The summed E-state index contributed by atoms with van der Waals surface area (Å²) in [7, 11) is 3.67. The lowest BCUT2D eigenvalue weighted by Crippen LogP contribution is -2.15. The van der Waals surface area contributed by atoms with Gasteiger partial charge in [-0.1, -0.05) is 11.6 Å². The lowest BCUT2D eigenvalue weighted by Gasteiger charge is -2.09. The molecule has 0 aliphatic heterocycles. The minimum absolute atomic E-state index is 0.697. The first-order valence-corrected chi connectivity index (χ1v) is 7.08. The third-order valence-corrected chi connectivity index (χ3v) is 3.67. The van der Waals surface area contributed by atoms with Crippen molar-refractivity contribution in [2.24, 2.45) is 7.05 Å². The van der Waals surface area contributed by atoms with Gasteiger partial charge in [-0.2, -0.15) is 5.10 Å². The van der Waals surface area contributed by atoms with Crippen LogP contribution in [0.15, 0.2) is 24.4 Å². The van der Waals surface area contributed by atoms with E-state index >= 15 is 0 Å². The molecule has 2 aromatic rings. The third kappa shape index (κ3) is 2.70. The number of methoxy groups -OCH3 is 1. The summed E-state index contributed by atoms with van der Waals surface area (Å²) in [5.74, 6) is 0.877. The number of aromatic nitrogens is 2. The van der Waals surface area contributed by atoms with Gasteiger partial charge in [-0.25, -0.2) is 0 Å². The first-order chi connectivity index (χ1) is 9.67. The van der Waals surface area contributed by atoms with E-state index < -0.39 is 0 Å². The van der Waals surface area contributed by atoms with Crippen molar-refractivity contribution < 1.29 is 4.74 Å². The molecule has 1 fully saturated rings. The van der Waals surface area contributed by atoms with Crippen molar-refractivity contribution >= 4 is 0 Å². The number of hydrogen-bond acceptors (Lipinski definition) is 3. The third-order valence-electron chi connectivity index (χ3n) is 3.67. The summed E-state index contributed by atoms with van der Waals surface area (Å²) in [6, 6.07) is 6.91. The molecule has 0 spiro atoms. The van der Waals surface area contributed by atoms with E-state index in [0.717, 1.165) is 23.6 Å². The second-order valence-corrected chi connectivity index (χ2v) is 5.54. The van der Waals surface area contributed by atoms with Gasteiger partial charge in [-0.15, -0.1) is 0 Å². The van der Waals surface area contributed by atoms with Crippen LogP contribution in [0.1, 0.15) is 24.0 Å². The van der Waals surface area contributed by atoms with Crippen molar-refractivity contribution in [1.29, 1.82) is 0 Å². The normalized spacial score (nSPS) is 14.6. The number of hydrogen-bond donors (Lipinski definition) is 1. The minimum Gasteiger partial charge on any atom is -0.496 e. The van der Waals surface area contributed by atoms with E-state index in [2.05, 4.69) is 35.7 Å². The molecule has 1 heterocycles. The van der Waals surface area contributed by atoms with Crippen LogP contribution in [-0.4, -0.2) is 22.9 Å². The highest BCUT2D eigenvalue weighted by Crippen LogP contribution is 2.32. The molecular weight excluding hydrogens is 250 g/mol. The Morgan fingerprint density at radius 1 is 1.40 bits per heavy atom. The number of aryl methyl sites for hydroxylation is 2. The zero-order valence-corrected chi connectivity index (χ0v) is 12.3. The van der Waals surface area contributed by atoms with Crippen molar-refractivity contribution in [1.82, 2.24) is 15.1 Å². The van der Waals surface area contributed by atoms with Gasteiger partial charge in [0.25, 0.3) is 0 Å². The molecule has 1 N–H and O–H groups in total. The Bertz CT molecular complexity index is 614. The molecule has 106 valence electrons. The fourth-order valence-corrected chi connectivity index (χ4v) is 2.44. The Balaban J connectivity index is 1.97. The largest absolute Gasteiger partial charge is 0.496 e. The highest BCUT2D eigenvalue weighted by Gasteiger charge is 2.22. The summed E-state index contributed by atoms with van der Waals surface area (Å²) in [5, 5.41) is 8.18. The van der Waals surface area contributed by atoms with Crippen LogP contribution in [0.3, 0.4) is 0 Å². The predicted octanol–water partition coefficient (Wildman–Crippen LogP) is 2.66. The lowest BCUT2D eigenvalue weighted by atomic mass is 10.0. The van der Waals surface area contributed by atoms with Crippen molar-refractivity contribution in [3.8, 4) is 17.0 Å². The average molecular weight is 271 g/mol. The van der Waals surface area contributed by atoms with Gasteiger partial charge in [0.2, 0.25) is 0 Å². The summed E-state index contributed by atoms with van der Waals surface area (Å²) in [4.78, 5) is 0. The summed E-state index contributed by atoms with van der Waals surface area (Å²) < 4.78 is 7.36. The van der Waals surface area contributed by atoms with Crippen LogP contribution in [0.4, 0.5) is 0 Å². The van der Waals surface area contributed by atoms with Gasteiger partial charge >= 0.3 is 0 Å². The lowest BCUT2D eigenvalue weighted by molar-refractivity contribution is 0.416. The SMILES string of the molecule is COc1ccc(C)cc1-c1nn(C)cc1CNC1CC1. The highest BCUT2D eigenvalue weighted by molar-refractivity contribution is 5.70. The van der Waals surface area contributed by atoms with Gasteiger partial charge in [-0.3, -0.25) is 4.68 Å². The van der Waals surface area contributed by atoms with Gasteiger partial charge in [0, 0.05) is 37.0 Å². The smallest absolute Gasteiger partial charge is 0.128 e. The van der Waals surface area contributed by atoms with E-state index in [9.17, 15) is 0 Å². The van der Waals surface area contributed by atoms with E-state index in [-0.39, 0.29) is 0 Å². The van der Waals surface area contributed by atoms with Gasteiger partial charge in [-0.05, 0) is 31.9 Å². The Morgan fingerprint density at radius 2 is 2.20 bits per heavy atom. The Morgan fingerprint density at radius 3 is 2.90 bits per heavy atom. The molecule has 0 saturated heterocycles. The summed E-state index contributed by atoms with van der Waals surface area (Å²) >= 11 is 0. The van der Waals surface area contributed by atoms with E-state index in [0.29, 0.717) is 6.04 Å². The Kier molecular flexibility index (Phi) is 3.49. The number of benzene rings is 1. The van der Waals surface area contributed by atoms with Gasteiger partial charge in [0.15, 0.2) is 0 Å². The number of rotatable bonds is 5. The van der Waals surface area contributed by atoms with E-state index in [1.54, 1.807) is 7.11 Å². The van der Waals surface area contributed by atoms with Crippen LogP contribution in [0.2, 0.25) is 0 Å². The molecule has 0 radical (unpaired) electrons. The van der Waals surface area contributed by atoms with Crippen molar-refractivity contribution in [3.05, 3.63) is 35.5 Å². The van der Waals surface area contributed by atoms with E-state index in [4.69, 9.17) is 4.74 Å². The topological polar surface area (TPSA) is 39.1 Å². The first kappa shape index (κ1) is 13.2. The van der Waals surface area contributed by atoms with E-state index in [1.165, 1.54) is 24.0 Å². The Labute approximate surface area is 119 Å². The molecule has 1 saturated carbocycles. The van der Waals surface area contributed by atoms with Gasteiger partial charge in [0.05, 0.1) is 7.11 Å². The number of ether oxygens (including phenoxy) is 1. The van der Waals surface area contributed by atoms with Crippen LogP contribution in [0.5, 0.6) is 5.75 Å².